The number of nitrogens with one attached hydrogen (secondary N) is 1. The molecule has 3 nitrogen and oxygen atoms in total. The molecule has 0 radical (unpaired) electrons. The van der Waals surface area contributed by atoms with Gasteiger partial charge in [0.05, 0.1) is 0 Å². The fourth-order valence-corrected chi connectivity index (χ4v) is 2.14. The Hall–Kier alpha value is -1.34. The summed E-state index contributed by atoms with van der Waals surface area (Å²) in [5.41, 5.74) is 1.04. The third kappa shape index (κ3) is 4.07. The van der Waals surface area contributed by atoms with Crippen molar-refractivity contribution < 1.29 is 13.2 Å². The second-order valence-electron chi connectivity index (χ2n) is 3.71. The Morgan fingerprint density at radius 3 is 2.42 bits per heavy atom. The van der Waals surface area contributed by atoms with Crippen molar-refractivity contribution in [3.05, 3.63) is 39.9 Å². The zero-order chi connectivity index (χ0) is 13.9. The lowest BCUT2D eigenvalue weighted by Crippen LogP contribution is -2.04. The number of hydrogen-bond acceptors (Lipinski definition) is 4. The monoisotopic (exact) mass is 307 g/mol. The quantitative estimate of drug-likeness (QED) is 0.932. The molecule has 1 aromatic heterocycles. The third-order valence-electron chi connectivity index (χ3n) is 2.27. The molecule has 0 aliphatic heterocycles. The highest BCUT2D eigenvalue weighted by Gasteiger charge is 2.35. The van der Waals surface area contributed by atoms with E-state index in [1.807, 2.05) is 12.1 Å². The predicted octanol–water partition coefficient (Wildman–Crippen LogP) is 3.86. The van der Waals surface area contributed by atoms with Crippen LogP contribution in [0.2, 0.25) is 5.02 Å². The minimum absolute atomic E-state index is 0.168. The van der Waals surface area contributed by atoms with Crippen LogP contribution in [0.5, 0.6) is 0 Å². The lowest BCUT2D eigenvalue weighted by atomic mass is 10.1. The summed E-state index contributed by atoms with van der Waals surface area (Å²) in [7, 11) is 0. The van der Waals surface area contributed by atoms with Crippen LogP contribution in [-0.2, 0) is 12.6 Å². The Kier molecular flexibility index (Phi) is 4.26. The van der Waals surface area contributed by atoms with Gasteiger partial charge in [0, 0.05) is 11.6 Å². The van der Waals surface area contributed by atoms with Crippen LogP contribution in [0.4, 0.5) is 18.3 Å². The fraction of sp³-hybridized carbons (Fsp3) is 0.273. The standard InChI is InChI=1S/C11H9ClF3N3S/c12-8-3-1-7(2-4-8)5-6-16-10-18-17-9(19-10)11(13,14)15/h1-4H,5-6H2,(H,16,18). The number of anilines is 1. The van der Waals surface area contributed by atoms with E-state index in [0.29, 0.717) is 29.3 Å². The molecular formula is C11H9ClF3N3S. The summed E-state index contributed by atoms with van der Waals surface area (Å²) in [6.45, 7) is 0.480. The summed E-state index contributed by atoms with van der Waals surface area (Å²) in [4.78, 5) is 0. The van der Waals surface area contributed by atoms with E-state index in [9.17, 15) is 13.2 Å². The van der Waals surface area contributed by atoms with Gasteiger partial charge < -0.3 is 5.32 Å². The average molecular weight is 308 g/mol. The average Bonchev–Trinajstić information content (AvgIpc) is 2.80. The van der Waals surface area contributed by atoms with Crippen molar-refractivity contribution in [2.75, 3.05) is 11.9 Å². The molecule has 0 amide bonds. The van der Waals surface area contributed by atoms with E-state index < -0.39 is 11.2 Å². The number of rotatable bonds is 4. The van der Waals surface area contributed by atoms with Gasteiger partial charge in [-0.3, -0.25) is 0 Å². The molecule has 1 heterocycles. The van der Waals surface area contributed by atoms with Crippen molar-refractivity contribution in [2.45, 2.75) is 12.6 Å². The minimum Gasteiger partial charge on any atom is -0.360 e. The van der Waals surface area contributed by atoms with E-state index in [1.165, 1.54) is 0 Å². The number of benzene rings is 1. The molecule has 102 valence electrons. The van der Waals surface area contributed by atoms with Crippen LogP contribution in [0.15, 0.2) is 24.3 Å². The molecule has 1 aromatic carbocycles. The van der Waals surface area contributed by atoms with E-state index in [1.54, 1.807) is 12.1 Å². The van der Waals surface area contributed by atoms with Gasteiger partial charge in [0.1, 0.15) is 0 Å². The zero-order valence-corrected chi connectivity index (χ0v) is 11.1. The molecule has 0 atom stereocenters. The molecule has 0 fully saturated rings. The second-order valence-corrected chi connectivity index (χ2v) is 5.13. The molecule has 0 spiro atoms. The first-order valence-electron chi connectivity index (χ1n) is 5.34. The first-order chi connectivity index (χ1) is 8.95. The Bertz CT molecular complexity index is 539. The van der Waals surface area contributed by atoms with Crippen molar-refractivity contribution >= 4 is 28.1 Å². The molecule has 0 saturated heterocycles. The maximum atomic E-state index is 12.3. The van der Waals surface area contributed by atoms with Gasteiger partial charge in [-0.25, -0.2) is 0 Å². The third-order valence-corrected chi connectivity index (χ3v) is 3.45. The molecule has 0 bridgehead atoms. The highest BCUT2D eigenvalue weighted by molar-refractivity contribution is 7.15. The summed E-state index contributed by atoms with van der Waals surface area (Å²) in [6, 6.07) is 7.27. The Labute approximate surface area is 116 Å². The van der Waals surface area contributed by atoms with E-state index in [0.717, 1.165) is 5.56 Å². The van der Waals surface area contributed by atoms with Crippen LogP contribution >= 0.6 is 22.9 Å². The molecule has 1 N–H and O–H groups in total. The van der Waals surface area contributed by atoms with E-state index in [2.05, 4.69) is 15.5 Å². The van der Waals surface area contributed by atoms with Crippen LogP contribution in [0.3, 0.4) is 0 Å². The molecule has 8 heteroatoms. The topological polar surface area (TPSA) is 37.8 Å². The summed E-state index contributed by atoms with van der Waals surface area (Å²) in [5.74, 6) is 0. The largest absolute Gasteiger partial charge is 0.445 e. The van der Waals surface area contributed by atoms with Crippen molar-refractivity contribution in [1.82, 2.24) is 10.2 Å². The maximum Gasteiger partial charge on any atom is 0.445 e. The normalized spacial score (nSPS) is 11.6. The van der Waals surface area contributed by atoms with E-state index in [-0.39, 0.29) is 5.13 Å². The van der Waals surface area contributed by atoms with Gasteiger partial charge in [0.15, 0.2) is 0 Å². The molecule has 2 aromatic rings. The summed E-state index contributed by atoms with van der Waals surface area (Å²) in [6.07, 6.45) is -3.77. The van der Waals surface area contributed by atoms with Crippen LogP contribution < -0.4 is 5.32 Å². The number of alkyl halides is 3. The summed E-state index contributed by atoms with van der Waals surface area (Å²) >= 11 is 6.25. The first kappa shape index (κ1) is 14.1. The van der Waals surface area contributed by atoms with Crippen LogP contribution in [0, 0.1) is 0 Å². The molecule has 0 aliphatic rings. The van der Waals surface area contributed by atoms with Crippen LogP contribution in [0.25, 0.3) is 0 Å². The van der Waals surface area contributed by atoms with Gasteiger partial charge in [0.25, 0.3) is 0 Å². The van der Waals surface area contributed by atoms with E-state index >= 15 is 0 Å². The summed E-state index contributed by atoms with van der Waals surface area (Å²) < 4.78 is 36.9. The van der Waals surface area contributed by atoms with Gasteiger partial charge in [0.2, 0.25) is 10.1 Å². The second kappa shape index (κ2) is 5.75. The minimum atomic E-state index is -4.44. The number of aromatic nitrogens is 2. The zero-order valence-electron chi connectivity index (χ0n) is 9.54. The molecule has 19 heavy (non-hydrogen) atoms. The SMILES string of the molecule is FC(F)(F)c1nnc(NCCc2ccc(Cl)cc2)s1. The molecule has 0 unspecified atom stereocenters. The number of nitrogens with zero attached hydrogens (tertiary/aromatic N) is 2. The number of halogens is 4. The van der Waals surface area contributed by atoms with Gasteiger partial charge in [-0.2, -0.15) is 13.2 Å². The van der Waals surface area contributed by atoms with Crippen molar-refractivity contribution in [3.8, 4) is 0 Å². The Balaban J connectivity index is 1.86. The number of hydrogen-bond donors (Lipinski definition) is 1. The Morgan fingerprint density at radius 2 is 1.84 bits per heavy atom. The first-order valence-corrected chi connectivity index (χ1v) is 6.53. The highest BCUT2D eigenvalue weighted by atomic mass is 35.5. The van der Waals surface area contributed by atoms with Gasteiger partial charge >= 0.3 is 6.18 Å². The molecular weight excluding hydrogens is 299 g/mol. The van der Waals surface area contributed by atoms with Gasteiger partial charge in [-0.05, 0) is 24.1 Å². The molecule has 2 rings (SSSR count). The lowest BCUT2D eigenvalue weighted by Gasteiger charge is -2.02. The molecule has 0 aliphatic carbocycles. The fourth-order valence-electron chi connectivity index (χ4n) is 1.37. The van der Waals surface area contributed by atoms with Gasteiger partial charge in [-0.1, -0.05) is 35.1 Å². The van der Waals surface area contributed by atoms with Gasteiger partial charge in [-0.15, -0.1) is 10.2 Å². The summed E-state index contributed by atoms with van der Waals surface area (Å²) in [5, 5.41) is 9.22. The highest BCUT2D eigenvalue weighted by Crippen LogP contribution is 2.32. The van der Waals surface area contributed by atoms with Crippen molar-refractivity contribution in [2.24, 2.45) is 0 Å². The van der Waals surface area contributed by atoms with E-state index in [4.69, 9.17) is 11.6 Å². The van der Waals surface area contributed by atoms with Crippen LogP contribution in [-0.4, -0.2) is 16.7 Å². The van der Waals surface area contributed by atoms with Crippen LogP contribution in [0.1, 0.15) is 10.6 Å². The maximum absolute atomic E-state index is 12.3. The predicted molar refractivity (Wildman–Crippen MR) is 68.6 cm³/mol. The molecule has 0 saturated carbocycles. The van der Waals surface area contributed by atoms with Crippen molar-refractivity contribution in [1.29, 1.82) is 0 Å². The Morgan fingerprint density at radius 1 is 1.16 bits per heavy atom. The smallest absolute Gasteiger partial charge is 0.360 e. The van der Waals surface area contributed by atoms with Crippen molar-refractivity contribution in [3.63, 3.8) is 0 Å². The lowest BCUT2D eigenvalue weighted by molar-refractivity contribution is -0.138.